The number of nitrogens with zero attached hydrogens (tertiary/aromatic N) is 2. The van der Waals surface area contributed by atoms with Gasteiger partial charge in [0.05, 0.1) is 6.54 Å². The molecule has 0 bridgehead atoms. The third-order valence-corrected chi connectivity index (χ3v) is 2.41. The van der Waals surface area contributed by atoms with Crippen LogP contribution in [0.3, 0.4) is 0 Å². The molecule has 1 aromatic rings. The lowest BCUT2D eigenvalue weighted by Gasteiger charge is -2.08. The van der Waals surface area contributed by atoms with Crippen molar-refractivity contribution in [3.63, 3.8) is 0 Å². The Morgan fingerprint density at radius 3 is 2.50 bits per heavy atom. The Bertz CT molecular complexity index is 349. The minimum atomic E-state index is 0.115. The molecule has 0 aromatic carbocycles. The van der Waals surface area contributed by atoms with Gasteiger partial charge < -0.3 is 4.90 Å². The number of nitrogens with one attached hydrogen (secondary N) is 1. The summed E-state index contributed by atoms with van der Waals surface area (Å²) in [6, 6.07) is 0. The summed E-state index contributed by atoms with van der Waals surface area (Å²) in [7, 11) is 4.00. The first kappa shape index (κ1) is 11.0. The van der Waals surface area contributed by atoms with Crippen molar-refractivity contribution in [3.8, 4) is 0 Å². The Kier molecular flexibility index (Phi) is 3.52. The first-order valence-electron chi connectivity index (χ1n) is 4.99. The van der Waals surface area contributed by atoms with E-state index in [0.29, 0.717) is 0 Å². The largest absolute Gasteiger partial charge is 0.308 e. The second-order valence-corrected chi connectivity index (χ2v) is 3.83. The maximum atomic E-state index is 11.7. The minimum absolute atomic E-state index is 0.115. The van der Waals surface area contributed by atoms with Crippen LogP contribution in [-0.2, 0) is 13.0 Å². The molecule has 1 N–H and O–H groups in total. The number of hydrogen-bond acceptors (Lipinski definition) is 2. The molecule has 80 valence electrons. The topological polar surface area (TPSA) is 41.0 Å². The van der Waals surface area contributed by atoms with E-state index < -0.39 is 0 Å². The molecule has 0 saturated carbocycles. The van der Waals surface area contributed by atoms with E-state index >= 15 is 0 Å². The highest BCUT2D eigenvalue weighted by atomic mass is 16.1. The molecule has 0 unspecified atom stereocenters. The van der Waals surface area contributed by atoms with Crippen molar-refractivity contribution in [1.82, 2.24) is 14.7 Å². The van der Waals surface area contributed by atoms with E-state index in [1.165, 1.54) is 0 Å². The molecule has 0 aliphatic heterocycles. The molecule has 0 aliphatic carbocycles. The fraction of sp³-hybridized carbons (Fsp3) is 0.700. The Morgan fingerprint density at radius 1 is 1.43 bits per heavy atom. The highest BCUT2D eigenvalue weighted by Crippen LogP contribution is 1.99. The summed E-state index contributed by atoms with van der Waals surface area (Å²) < 4.78 is 1.69. The third-order valence-electron chi connectivity index (χ3n) is 2.41. The highest BCUT2D eigenvalue weighted by molar-refractivity contribution is 5.14. The summed E-state index contributed by atoms with van der Waals surface area (Å²) in [5, 5.41) is 3.13. The van der Waals surface area contributed by atoms with Gasteiger partial charge in [0.25, 0.3) is 5.56 Å². The van der Waals surface area contributed by atoms with Gasteiger partial charge in [0.15, 0.2) is 0 Å². The molecule has 4 nitrogen and oxygen atoms in total. The fourth-order valence-corrected chi connectivity index (χ4v) is 1.43. The summed E-state index contributed by atoms with van der Waals surface area (Å²) in [4.78, 5) is 13.7. The maximum Gasteiger partial charge on any atom is 0.269 e. The summed E-state index contributed by atoms with van der Waals surface area (Å²) >= 11 is 0. The van der Waals surface area contributed by atoms with E-state index in [0.717, 1.165) is 30.8 Å². The zero-order chi connectivity index (χ0) is 10.7. The Labute approximate surface area is 84.5 Å². The highest BCUT2D eigenvalue weighted by Gasteiger charge is 2.07. The molecular weight excluding hydrogens is 178 g/mol. The molecule has 4 heteroatoms. The quantitative estimate of drug-likeness (QED) is 0.768. The van der Waals surface area contributed by atoms with Crippen LogP contribution in [0.15, 0.2) is 4.79 Å². The molecule has 0 atom stereocenters. The fourth-order valence-electron chi connectivity index (χ4n) is 1.43. The molecule has 0 saturated heterocycles. The van der Waals surface area contributed by atoms with Crippen molar-refractivity contribution in [3.05, 3.63) is 21.6 Å². The van der Waals surface area contributed by atoms with Gasteiger partial charge in [0, 0.05) is 17.8 Å². The molecule has 0 spiro atoms. The molecule has 1 aromatic heterocycles. The molecule has 0 fully saturated rings. The molecular formula is C10H19N3O. The Hall–Kier alpha value is -1.03. The van der Waals surface area contributed by atoms with Crippen LogP contribution in [0.5, 0.6) is 0 Å². The summed E-state index contributed by atoms with van der Waals surface area (Å²) in [6.07, 6.45) is 0.885. The number of likely N-dealkylation sites (N-methyl/N-ethyl adjacent to an activating group) is 1. The lowest BCUT2D eigenvalue weighted by Crippen LogP contribution is -2.25. The average molecular weight is 197 g/mol. The second kappa shape index (κ2) is 4.46. The predicted molar refractivity (Wildman–Crippen MR) is 57.7 cm³/mol. The van der Waals surface area contributed by atoms with Crippen LogP contribution in [-0.4, -0.2) is 35.3 Å². The molecule has 1 rings (SSSR count). The van der Waals surface area contributed by atoms with E-state index in [2.05, 4.69) is 16.9 Å². The van der Waals surface area contributed by atoms with Crippen LogP contribution >= 0.6 is 0 Å². The Balaban J connectivity index is 2.83. The smallest absolute Gasteiger partial charge is 0.269 e. The molecule has 0 radical (unpaired) electrons. The van der Waals surface area contributed by atoms with E-state index in [4.69, 9.17) is 0 Å². The number of aryl methyl sites for hydroxylation is 1. The van der Waals surface area contributed by atoms with Crippen LogP contribution in [0, 0.1) is 6.92 Å². The SMILES string of the molecule is CCc1[nH]n(CCN(C)C)c(=O)c1C. The number of aromatic nitrogens is 2. The van der Waals surface area contributed by atoms with Crippen LogP contribution in [0.4, 0.5) is 0 Å². The van der Waals surface area contributed by atoms with Crippen molar-refractivity contribution in [2.24, 2.45) is 0 Å². The number of rotatable bonds is 4. The van der Waals surface area contributed by atoms with E-state index in [1.807, 2.05) is 21.0 Å². The van der Waals surface area contributed by atoms with Crippen LogP contribution < -0.4 is 5.56 Å². The van der Waals surface area contributed by atoms with Crippen molar-refractivity contribution in [2.75, 3.05) is 20.6 Å². The maximum absolute atomic E-state index is 11.7. The third kappa shape index (κ3) is 2.26. The first-order chi connectivity index (χ1) is 6.56. The van der Waals surface area contributed by atoms with Crippen molar-refractivity contribution >= 4 is 0 Å². The van der Waals surface area contributed by atoms with Gasteiger partial charge in [-0.25, -0.2) is 0 Å². The van der Waals surface area contributed by atoms with Gasteiger partial charge in [0.2, 0.25) is 0 Å². The summed E-state index contributed by atoms with van der Waals surface area (Å²) in [5.41, 5.74) is 2.02. The summed E-state index contributed by atoms with van der Waals surface area (Å²) in [5.74, 6) is 0. The van der Waals surface area contributed by atoms with Crippen molar-refractivity contribution < 1.29 is 0 Å². The zero-order valence-electron chi connectivity index (χ0n) is 9.42. The molecule has 0 amide bonds. The van der Waals surface area contributed by atoms with Gasteiger partial charge in [-0.15, -0.1) is 0 Å². The van der Waals surface area contributed by atoms with E-state index in [1.54, 1.807) is 4.68 Å². The van der Waals surface area contributed by atoms with E-state index in [-0.39, 0.29) is 5.56 Å². The summed E-state index contributed by atoms with van der Waals surface area (Å²) in [6.45, 7) is 5.54. The standard InChI is InChI=1S/C10H19N3O/c1-5-9-8(2)10(14)13(11-9)7-6-12(3)4/h11H,5-7H2,1-4H3. The van der Waals surface area contributed by atoms with Crippen LogP contribution in [0.25, 0.3) is 0 Å². The monoisotopic (exact) mass is 197 g/mol. The van der Waals surface area contributed by atoms with Gasteiger partial charge in [-0.3, -0.25) is 14.6 Å². The van der Waals surface area contributed by atoms with Gasteiger partial charge in [-0.05, 0) is 27.4 Å². The normalized spacial score (nSPS) is 11.2. The lowest BCUT2D eigenvalue weighted by atomic mass is 10.2. The second-order valence-electron chi connectivity index (χ2n) is 3.83. The molecule has 1 heterocycles. The van der Waals surface area contributed by atoms with Crippen LogP contribution in [0.1, 0.15) is 18.2 Å². The first-order valence-corrected chi connectivity index (χ1v) is 4.99. The van der Waals surface area contributed by atoms with Crippen molar-refractivity contribution in [2.45, 2.75) is 26.8 Å². The van der Waals surface area contributed by atoms with Gasteiger partial charge in [-0.1, -0.05) is 6.92 Å². The van der Waals surface area contributed by atoms with Crippen molar-refractivity contribution in [1.29, 1.82) is 0 Å². The molecule has 0 aliphatic rings. The van der Waals surface area contributed by atoms with E-state index in [9.17, 15) is 4.79 Å². The zero-order valence-corrected chi connectivity index (χ0v) is 9.42. The minimum Gasteiger partial charge on any atom is -0.308 e. The Morgan fingerprint density at radius 2 is 2.07 bits per heavy atom. The lowest BCUT2D eigenvalue weighted by molar-refractivity contribution is 0.369. The predicted octanol–water partition coefficient (Wildman–Crippen LogP) is 0.609. The number of hydrogen-bond donors (Lipinski definition) is 1. The van der Waals surface area contributed by atoms with Gasteiger partial charge >= 0.3 is 0 Å². The molecule has 14 heavy (non-hydrogen) atoms. The van der Waals surface area contributed by atoms with Crippen LogP contribution in [0.2, 0.25) is 0 Å². The average Bonchev–Trinajstić information content (AvgIpc) is 2.41. The van der Waals surface area contributed by atoms with Gasteiger partial charge in [-0.2, -0.15) is 0 Å². The number of H-pyrrole nitrogens is 1. The number of aromatic amines is 1. The van der Waals surface area contributed by atoms with Gasteiger partial charge in [0.1, 0.15) is 0 Å².